The summed E-state index contributed by atoms with van der Waals surface area (Å²) in [6.45, 7) is 0. The Morgan fingerprint density at radius 2 is 2.10 bits per heavy atom. The molecule has 8 heteroatoms. The molecule has 0 aliphatic rings. The number of fused-ring (bicyclic) bond motifs is 1. The molecule has 0 atom stereocenters. The summed E-state index contributed by atoms with van der Waals surface area (Å²) in [5, 5.41) is 5.85. The Labute approximate surface area is 132 Å². The SMILES string of the molecule is NNc1nc(Nc2cc(Cl)ccc2Br)c2sccc2n1. The molecule has 4 N–H and O–H groups in total. The van der Waals surface area contributed by atoms with Gasteiger partial charge in [0.1, 0.15) is 0 Å². The Morgan fingerprint density at radius 1 is 1.25 bits per heavy atom. The summed E-state index contributed by atoms with van der Waals surface area (Å²) in [6, 6.07) is 7.42. The topological polar surface area (TPSA) is 75.9 Å². The number of hydrogen-bond donors (Lipinski definition) is 3. The summed E-state index contributed by atoms with van der Waals surface area (Å²) >= 11 is 11.1. The van der Waals surface area contributed by atoms with Crippen LogP contribution in [-0.4, -0.2) is 9.97 Å². The van der Waals surface area contributed by atoms with Crippen molar-refractivity contribution >= 4 is 66.5 Å². The van der Waals surface area contributed by atoms with Crippen molar-refractivity contribution in [3.05, 3.63) is 39.1 Å². The number of nitrogen functional groups attached to an aromatic ring is 1. The minimum Gasteiger partial charge on any atom is -0.338 e. The van der Waals surface area contributed by atoms with Crippen molar-refractivity contribution in [3.63, 3.8) is 0 Å². The van der Waals surface area contributed by atoms with Crippen LogP contribution < -0.4 is 16.6 Å². The van der Waals surface area contributed by atoms with E-state index in [-0.39, 0.29) is 0 Å². The van der Waals surface area contributed by atoms with Crippen LogP contribution in [0, 0.1) is 0 Å². The number of thiophene rings is 1. The predicted molar refractivity (Wildman–Crippen MR) is 87.7 cm³/mol. The van der Waals surface area contributed by atoms with Crippen molar-refractivity contribution in [3.8, 4) is 0 Å². The number of nitrogens with two attached hydrogens (primary N) is 1. The van der Waals surface area contributed by atoms with Crippen LogP contribution >= 0.6 is 38.9 Å². The lowest BCUT2D eigenvalue weighted by Gasteiger charge is -2.10. The van der Waals surface area contributed by atoms with Gasteiger partial charge in [-0.1, -0.05) is 11.6 Å². The number of hydrazine groups is 1. The molecule has 2 aromatic heterocycles. The molecule has 3 aromatic rings. The van der Waals surface area contributed by atoms with Gasteiger partial charge >= 0.3 is 0 Å². The van der Waals surface area contributed by atoms with Gasteiger partial charge in [0.25, 0.3) is 0 Å². The zero-order valence-electron chi connectivity index (χ0n) is 10.0. The van der Waals surface area contributed by atoms with E-state index < -0.39 is 0 Å². The van der Waals surface area contributed by atoms with Gasteiger partial charge in [-0.15, -0.1) is 11.3 Å². The summed E-state index contributed by atoms with van der Waals surface area (Å²) in [4.78, 5) is 8.63. The zero-order valence-corrected chi connectivity index (χ0v) is 13.2. The molecule has 0 unspecified atom stereocenters. The van der Waals surface area contributed by atoms with Crippen LogP contribution in [0.4, 0.5) is 17.5 Å². The van der Waals surface area contributed by atoms with Gasteiger partial charge in [-0.05, 0) is 45.6 Å². The van der Waals surface area contributed by atoms with Gasteiger partial charge in [-0.25, -0.2) is 10.8 Å². The van der Waals surface area contributed by atoms with Crippen molar-refractivity contribution in [2.24, 2.45) is 5.84 Å². The Morgan fingerprint density at radius 3 is 2.90 bits per heavy atom. The monoisotopic (exact) mass is 369 g/mol. The van der Waals surface area contributed by atoms with Gasteiger partial charge < -0.3 is 5.32 Å². The predicted octanol–water partition coefficient (Wildman–Crippen LogP) is 4.14. The molecule has 0 saturated heterocycles. The van der Waals surface area contributed by atoms with Gasteiger partial charge in [0.15, 0.2) is 5.82 Å². The lowest BCUT2D eigenvalue weighted by Crippen LogP contribution is -2.11. The second-order valence-corrected chi connectivity index (χ2v) is 6.13. The molecule has 0 bridgehead atoms. The lowest BCUT2D eigenvalue weighted by atomic mass is 10.3. The molecule has 2 heterocycles. The Bertz CT molecular complexity index is 776. The molecule has 0 spiro atoms. The van der Waals surface area contributed by atoms with E-state index in [0.29, 0.717) is 16.8 Å². The van der Waals surface area contributed by atoms with Crippen LogP contribution in [-0.2, 0) is 0 Å². The first-order chi connectivity index (χ1) is 9.67. The van der Waals surface area contributed by atoms with Crippen molar-refractivity contribution < 1.29 is 0 Å². The van der Waals surface area contributed by atoms with Crippen molar-refractivity contribution in [1.29, 1.82) is 0 Å². The maximum atomic E-state index is 6.02. The second-order valence-electron chi connectivity index (χ2n) is 3.92. The van der Waals surface area contributed by atoms with Crippen LogP contribution in [0.3, 0.4) is 0 Å². The van der Waals surface area contributed by atoms with E-state index in [2.05, 4.69) is 36.6 Å². The number of benzene rings is 1. The highest BCUT2D eigenvalue weighted by Gasteiger charge is 2.10. The first-order valence-corrected chi connectivity index (χ1v) is 7.66. The van der Waals surface area contributed by atoms with E-state index >= 15 is 0 Å². The molecule has 1 aromatic carbocycles. The maximum Gasteiger partial charge on any atom is 0.239 e. The smallest absolute Gasteiger partial charge is 0.239 e. The zero-order chi connectivity index (χ0) is 14.1. The molecule has 3 rings (SSSR count). The van der Waals surface area contributed by atoms with Crippen molar-refractivity contribution in [2.45, 2.75) is 0 Å². The molecule has 0 aliphatic heterocycles. The number of nitrogens with zero attached hydrogens (tertiary/aromatic N) is 2. The molecule has 0 fully saturated rings. The first-order valence-electron chi connectivity index (χ1n) is 5.61. The van der Waals surface area contributed by atoms with Crippen LogP contribution in [0.2, 0.25) is 5.02 Å². The summed E-state index contributed by atoms with van der Waals surface area (Å²) in [7, 11) is 0. The minimum absolute atomic E-state index is 0.358. The quantitative estimate of drug-likeness (QED) is 0.477. The van der Waals surface area contributed by atoms with E-state index in [1.54, 1.807) is 11.3 Å². The van der Waals surface area contributed by atoms with Gasteiger partial charge in [0.05, 0.1) is 15.9 Å². The number of nitrogens with one attached hydrogen (secondary N) is 2. The maximum absolute atomic E-state index is 6.02. The number of aromatic nitrogens is 2. The van der Waals surface area contributed by atoms with Gasteiger partial charge in [0.2, 0.25) is 5.95 Å². The fourth-order valence-electron chi connectivity index (χ4n) is 1.73. The molecule has 0 amide bonds. The highest BCUT2D eigenvalue weighted by atomic mass is 79.9. The molecule has 20 heavy (non-hydrogen) atoms. The number of hydrogen-bond acceptors (Lipinski definition) is 6. The van der Waals surface area contributed by atoms with E-state index in [1.165, 1.54) is 0 Å². The molecular formula is C12H9BrClN5S. The standard InChI is InChI=1S/C12H9BrClN5S/c13-7-2-1-6(14)5-9(7)16-11-10-8(3-4-20-10)17-12(18-11)19-15/h1-5H,15H2,(H2,16,17,18,19). The molecule has 0 saturated carbocycles. The molecule has 0 radical (unpaired) electrons. The Kier molecular flexibility index (Phi) is 3.75. The largest absolute Gasteiger partial charge is 0.338 e. The van der Waals surface area contributed by atoms with E-state index in [4.69, 9.17) is 17.4 Å². The fourth-order valence-corrected chi connectivity index (χ4v) is 3.03. The molecule has 0 aliphatic carbocycles. The summed E-state index contributed by atoms with van der Waals surface area (Å²) < 4.78 is 1.85. The fraction of sp³-hybridized carbons (Fsp3) is 0. The third kappa shape index (κ3) is 2.57. The van der Waals surface area contributed by atoms with E-state index in [9.17, 15) is 0 Å². The highest BCUT2D eigenvalue weighted by molar-refractivity contribution is 9.10. The average Bonchev–Trinajstić information content (AvgIpc) is 2.91. The van der Waals surface area contributed by atoms with Crippen LogP contribution in [0.1, 0.15) is 0 Å². The van der Waals surface area contributed by atoms with Crippen molar-refractivity contribution in [2.75, 3.05) is 10.7 Å². The van der Waals surface area contributed by atoms with Crippen LogP contribution in [0.15, 0.2) is 34.1 Å². The molecular weight excluding hydrogens is 362 g/mol. The lowest BCUT2D eigenvalue weighted by molar-refractivity contribution is 1.15. The van der Waals surface area contributed by atoms with Crippen molar-refractivity contribution in [1.82, 2.24) is 9.97 Å². The van der Waals surface area contributed by atoms with Gasteiger partial charge in [-0.2, -0.15) is 4.98 Å². The van der Waals surface area contributed by atoms with Crippen LogP contribution in [0.25, 0.3) is 10.2 Å². The molecule has 5 nitrogen and oxygen atoms in total. The average molecular weight is 371 g/mol. The van der Waals surface area contributed by atoms with Gasteiger partial charge in [-0.3, -0.25) is 5.43 Å². The first kappa shape index (κ1) is 13.6. The summed E-state index contributed by atoms with van der Waals surface area (Å²) in [5.74, 6) is 6.44. The molecule has 102 valence electrons. The van der Waals surface area contributed by atoms with E-state index in [0.717, 1.165) is 20.4 Å². The highest BCUT2D eigenvalue weighted by Crippen LogP contribution is 2.33. The Balaban J connectivity index is 2.09. The second kappa shape index (κ2) is 5.53. The Hall–Kier alpha value is -1.41. The normalized spacial score (nSPS) is 10.8. The number of rotatable bonds is 3. The number of anilines is 3. The minimum atomic E-state index is 0.358. The summed E-state index contributed by atoms with van der Waals surface area (Å²) in [6.07, 6.45) is 0. The van der Waals surface area contributed by atoms with E-state index in [1.807, 2.05) is 29.6 Å². The summed E-state index contributed by atoms with van der Waals surface area (Å²) in [5.41, 5.74) is 4.13. The third-order valence-electron chi connectivity index (χ3n) is 2.61. The number of halogens is 2. The van der Waals surface area contributed by atoms with Crippen LogP contribution in [0.5, 0.6) is 0 Å². The van der Waals surface area contributed by atoms with Gasteiger partial charge in [0, 0.05) is 9.50 Å². The third-order valence-corrected chi connectivity index (χ3v) is 4.45.